The number of hydrogen-bond donors (Lipinski definition) is 1. The molecule has 0 bridgehead atoms. The fraction of sp³-hybridized carbons (Fsp3) is 0.545. The summed E-state index contributed by atoms with van der Waals surface area (Å²) < 4.78 is 2.08. The SMILES string of the molecule is Cn1ccnc1SC1CCC(NC(=O)c2ccc(CN3CCCC3)cc2)CC1. The van der Waals surface area contributed by atoms with Gasteiger partial charge in [-0.05, 0) is 69.3 Å². The summed E-state index contributed by atoms with van der Waals surface area (Å²) in [6.45, 7) is 3.40. The van der Waals surface area contributed by atoms with Crippen molar-refractivity contribution in [1.82, 2.24) is 19.8 Å². The first kappa shape index (κ1) is 19.5. The van der Waals surface area contributed by atoms with E-state index in [0.29, 0.717) is 5.25 Å². The molecule has 4 rings (SSSR count). The molecule has 2 aliphatic rings. The summed E-state index contributed by atoms with van der Waals surface area (Å²) in [7, 11) is 2.04. The molecule has 1 aliphatic heterocycles. The molecule has 1 saturated heterocycles. The number of hydrogen-bond acceptors (Lipinski definition) is 4. The average Bonchev–Trinajstić information content (AvgIpc) is 3.36. The van der Waals surface area contributed by atoms with Gasteiger partial charge in [0.15, 0.2) is 5.16 Å². The fourth-order valence-electron chi connectivity index (χ4n) is 4.17. The maximum atomic E-state index is 12.6. The van der Waals surface area contributed by atoms with Crippen LogP contribution in [0.1, 0.15) is 54.4 Å². The van der Waals surface area contributed by atoms with Crippen molar-refractivity contribution >= 4 is 17.7 Å². The minimum absolute atomic E-state index is 0.0629. The first-order valence-corrected chi connectivity index (χ1v) is 11.3. The van der Waals surface area contributed by atoms with Gasteiger partial charge in [0.05, 0.1) is 0 Å². The third kappa shape index (κ3) is 4.97. The summed E-state index contributed by atoms with van der Waals surface area (Å²) in [5.41, 5.74) is 2.07. The van der Waals surface area contributed by atoms with Crippen molar-refractivity contribution in [3.05, 3.63) is 47.8 Å². The molecule has 2 fully saturated rings. The summed E-state index contributed by atoms with van der Waals surface area (Å²) in [4.78, 5) is 19.5. The number of nitrogens with one attached hydrogen (secondary N) is 1. The largest absolute Gasteiger partial charge is 0.349 e. The third-order valence-corrected chi connectivity index (χ3v) is 7.29. The van der Waals surface area contributed by atoms with Crippen molar-refractivity contribution in [2.45, 2.75) is 61.5 Å². The lowest BCUT2D eigenvalue weighted by molar-refractivity contribution is 0.0928. The highest BCUT2D eigenvalue weighted by molar-refractivity contribution is 7.99. The molecule has 6 heteroatoms. The number of amides is 1. The number of imidazole rings is 1. The Morgan fingerprint density at radius 1 is 1.14 bits per heavy atom. The summed E-state index contributed by atoms with van der Waals surface area (Å²) in [6, 6.07) is 8.45. The number of aryl methyl sites for hydroxylation is 1. The van der Waals surface area contributed by atoms with Crippen LogP contribution < -0.4 is 5.32 Å². The van der Waals surface area contributed by atoms with E-state index in [9.17, 15) is 4.79 Å². The minimum Gasteiger partial charge on any atom is -0.349 e. The van der Waals surface area contributed by atoms with Crippen molar-refractivity contribution in [2.24, 2.45) is 7.05 Å². The van der Waals surface area contributed by atoms with E-state index in [1.165, 1.54) is 31.5 Å². The molecule has 1 amide bonds. The second-order valence-electron chi connectivity index (χ2n) is 8.07. The summed E-state index contributed by atoms with van der Waals surface area (Å²) in [6.07, 6.45) is 10.8. The van der Waals surface area contributed by atoms with Gasteiger partial charge in [0.25, 0.3) is 5.91 Å². The van der Waals surface area contributed by atoms with Crippen LogP contribution in [-0.2, 0) is 13.6 Å². The second-order valence-corrected chi connectivity index (χ2v) is 9.33. The molecule has 1 saturated carbocycles. The number of nitrogens with zero attached hydrogens (tertiary/aromatic N) is 3. The summed E-state index contributed by atoms with van der Waals surface area (Å²) in [5.74, 6) is 0.0629. The van der Waals surface area contributed by atoms with Gasteiger partial charge in [0.1, 0.15) is 0 Å². The van der Waals surface area contributed by atoms with E-state index in [1.807, 2.05) is 43.3 Å². The van der Waals surface area contributed by atoms with Crippen LogP contribution >= 0.6 is 11.8 Å². The third-order valence-electron chi connectivity index (χ3n) is 5.88. The predicted octanol–water partition coefficient (Wildman–Crippen LogP) is 3.85. The molecular weight excluding hydrogens is 368 g/mol. The average molecular weight is 399 g/mol. The van der Waals surface area contributed by atoms with Gasteiger partial charge >= 0.3 is 0 Å². The second kappa shape index (κ2) is 9.14. The molecule has 0 unspecified atom stereocenters. The fourth-order valence-corrected chi connectivity index (χ4v) is 5.32. The molecule has 0 atom stereocenters. The molecule has 28 heavy (non-hydrogen) atoms. The van der Waals surface area contributed by atoms with Gasteiger partial charge in [-0.3, -0.25) is 9.69 Å². The van der Waals surface area contributed by atoms with Crippen molar-refractivity contribution in [1.29, 1.82) is 0 Å². The molecule has 5 nitrogen and oxygen atoms in total. The summed E-state index contributed by atoms with van der Waals surface area (Å²) in [5, 5.41) is 4.92. The van der Waals surface area contributed by atoms with Gasteiger partial charge in [-0.15, -0.1) is 0 Å². The lowest BCUT2D eigenvalue weighted by Crippen LogP contribution is -2.38. The molecule has 1 aromatic heterocycles. The standard InChI is InChI=1S/C22H30N4OS/c1-25-15-12-23-22(25)28-20-10-8-19(9-11-20)24-21(27)18-6-4-17(5-7-18)16-26-13-2-3-14-26/h4-7,12,15,19-20H,2-3,8-11,13-14,16H2,1H3,(H,24,27). The van der Waals surface area contributed by atoms with Crippen LogP contribution in [0.3, 0.4) is 0 Å². The quantitative estimate of drug-likeness (QED) is 0.803. The van der Waals surface area contributed by atoms with Gasteiger partial charge in [0.2, 0.25) is 0 Å². The van der Waals surface area contributed by atoms with E-state index >= 15 is 0 Å². The number of thioether (sulfide) groups is 1. The Labute approximate surface area is 171 Å². The monoisotopic (exact) mass is 398 g/mol. The normalized spacial score (nSPS) is 23.0. The van der Waals surface area contributed by atoms with Crippen molar-refractivity contribution in [3.8, 4) is 0 Å². The van der Waals surface area contributed by atoms with E-state index in [1.54, 1.807) is 0 Å². The maximum Gasteiger partial charge on any atom is 0.251 e. The van der Waals surface area contributed by atoms with Crippen molar-refractivity contribution in [2.75, 3.05) is 13.1 Å². The van der Waals surface area contributed by atoms with E-state index in [2.05, 4.69) is 31.9 Å². The Morgan fingerprint density at radius 3 is 2.50 bits per heavy atom. The Morgan fingerprint density at radius 2 is 1.86 bits per heavy atom. The molecule has 0 spiro atoms. The molecule has 150 valence electrons. The Bertz CT molecular complexity index is 774. The smallest absolute Gasteiger partial charge is 0.251 e. The Kier molecular flexibility index (Phi) is 6.37. The lowest BCUT2D eigenvalue weighted by atomic mass is 9.94. The van der Waals surface area contributed by atoms with Crippen LogP contribution in [0, 0.1) is 0 Å². The van der Waals surface area contributed by atoms with Crippen molar-refractivity contribution in [3.63, 3.8) is 0 Å². The van der Waals surface area contributed by atoms with Crippen LogP contribution in [0.5, 0.6) is 0 Å². The van der Waals surface area contributed by atoms with E-state index in [0.717, 1.165) is 42.9 Å². The first-order chi connectivity index (χ1) is 13.7. The zero-order chi connectivity index (χ0) is 19.3. The molecule has 2 heterocycles. The van der Waals surface area contributed by atoms with Crippen LogP contribution in [-0.4, -0.2) is 44.7 Å². The number of likely N-dealkylation sites (tertiary alicyclic amines) is 1. The molecule has 1 aromatic carbocycles. The van der Waals surface area contributed by atoms with Crippen molar-refractivity contribution < 1.29 is 4.79 Å². The first-order valence-electron chi connectivity index (χ1n) is 10.4. The topological polar surface area (TPSA) is 50.2 Å². The molecule has 1 N–H and O–H groups in total. The van der Waals surface area contributed by atoms with Crippen LogP contribution in [0.15, 0.2) is 41.8 Å². The highest BCUT2D eigenvalue weighted by Crippen LogP contribution is 2.32. The zero-order valence-corrected chi connectivity index (χ0v) is 17.5. The predicted molar refractivity (Wildman–Crippen MR) is 114 cm³/mol. The Hall–Kier alpha value is -1.79. The number of benzene rings is 1. The molecular formula is C22H30N4OS. The highest BCUT2D eigenvalue weighted by atomic mass is 32.2. The Balaban J connectivity index is 1.23. The van der Waals surface area contributed by atoms with Gasteiger partial charge < -0.3 is 9.88 Å². The van der Waals surface area contributed by atoms with E-state index in [-0.39, 0.29) is 11.9 Å². The summed E-state index contributed by atoms with van der Waals surface area (Å²) >= 11 is 1.86. The van der Waals surface area contributed by atoms with E-state index < -0.39 is 0 Å². The number of aromatic nitrogens is 2. The molecule has 1 aliphatic carbocycles. The van der Waals surface area contributed by atoms with Crippen LogP contribution in [0.2, 0.25) is 0 Å². The maximum absolute atomic E-state index is 12.6. The number of carbonyl (C=O) groups is 1. The van der Waals surface area contributed by atoms with Crippen LogP contribution in [0.4, 0.5) is 0 Å². The number of rotatable bonds is 6. The van der Waals surface area contributed by atoms with Gasteiger partial charge in [-0.2, -0.15) is 0 Å². The van der Waals surface area contributed by atoms with Crippen LogP contribution in [0.25, 0.3) is 0 Å². The molecule has 0 radical (unpaired) electrons. The lowest BCUT2D eigenvalue weighted by Gasteiger charge is -2.28. The van der Waals surface area contributed by atoms with E-state index in [4.69, 9.17) is 0 Å². The van der Waals surface area contributed by atoms with Gasteiger partial charge in [-0.25, -0.2) is 4.98 Å². The van der Waals surface area contributed by atoms with Gasteiger partial charge in [0, 0.05) is 42.8 Å². The number of carbonyl (C=O) groups excluding carboxylic acids is 1. The molecule has 2 aromatic rings. The minimum atomic E-state index is 0.0629. The van der Waals surface area contributed by atoms with Gasteiger partial charge in [-0.1, -0.05) is 23.9 Å². The zero-order valence-electron chi connectivity index (χ0n) is 16.6. The highest BCUT2D eigenvalue weighted by Gasteiger charge is 2.24.